The number of carbonyl (C=O) groups is 1. The van der Waals surface area contributed by atoms with Crippen molar-refractivity contribution in [2.75, 3.05) is 0 Å². The van der Waals surface area contributed by atoms with Crippen molar-refractivity contribution in [3.63, 3.8) is 0 Å². The molecular weight excluding hydrogens is 234 g/mol. The molecule has 90 valence electrons. The molecule has 0 unspecified atom stereocenters. The number of rotatable bonds is 4. The monoisotopic (exact) mass is 249 g/mol. The first-order valence-electron chi connectivity index (χ1n) is 5.55. The van der Waals surface area contributed by atoms with Crippen LogP contribution in [0.25, 0.3) is 10.2 Å². The van der Waals surface area contributed by atoms with Gasteiger partial charge in [-0.1, -0.05) is 13.8 Å². The molecule has 4 nitrogen and oxygen atoms in total. The van der Waals surface area contributed by atoms with Gasteiger partial charge in [0.15, 0.2) is 0 Å². The van der Waals surface area contributed by atoms with E-state index < -0.39 is 0 Å². The van der Waals surface area contributed by atoms with E-state index in [1.54, 1.807) is 17.6 Å². The Labute approximate surface area is 104 Å². The molecule has 2 heterocycles. The molecule has 0 saturated heterocycles. The highest BCUT2D eigenvalue weighted by Crippen LogP contribution is 2.20. The van der Waals surface area contributed by atoms with Crippen LogP contribution in [0.15, 0.2) is 22.6 Å². The molecule has 0 saturated carbocycles. The Morgan fingerprint density at radius 1 is 1.65 bits per heavy atom. The number of hydrogen-bond acceptors (Lipinski definition) is 3. The highest BCUT2D eigenvalue weighted by atomic mass is 32.1. The van der Waals surface area contributed by atoms with Crippen LogP contribution >= 0.6 is 11.3 Å². The summed E-state index contributed by atoms with van der Waals surface area (Å²) in [5.41, 5.74) is 4.05. The molecule has 2 N–H and O–H groups in total. The number of aromatic amines is 1. The predicted octanol–water partition coefficient (Wildman–Crippen LogP) is 2.99. The number of aromatic nitrogens is 1. The maximum atomic E-state index is 11.7. The fourth-order valence-corrected chi connectivity index (χ4v) is 2.18. The molecule has 5 heteroatoms. The lowest BCUT2D eigenvalue weighted by Crippen LogP contribution is -2.17. The molecular formula is C12H15N3OS. The molecule has 17 heavy (non-hydrogen) atoms. The second kappa shape index (κ2) is 5.14. The average Bonchev–Trinajstić information content (AvgIpc) is 2.83. The van der Waals surface area contributed by atoms with Crippen LogP contribution in [-0.2, 0) is 0 Å². The lowest BCUT2D eigenvalue weighted by molar-refractivity contribution is 0.0951. The molecule has 0 aliphatic carbocycles. The highest BCUT2D eigenvalue weighted by Gasteiger charge is 2.08. The quantitative estimate of drug-likeness (QED) is 0.635. The topological polar surface area (TPSA) is 57.2 Å². The standard InChI is InChI=1S/C12H15N3OS/c1-8(2)3-5-13-15-12(16)10-7-11-9(14-10)4-6-17-11/h4-8,14H,3H2,1-2H3,(H,15,16)/b13-5-. The zero-order valence-electron chi connectivity index (χ0n) is 9.86. The smallest absolute Gasteiger partial charge is 0.287 e. The summed E-state index contributed by atoms with van der Waals surface area (Å²) in [4.78, 5) is 14.8. The minimum absolute atomic E-state index is 0.201. The Morgan fingerprint density at radius 2 is 2.47 bits per heavy atom. The van der Waals surface area contributed by atoms with E-state index in [1.165, 1.54) is 0 Å². The lowest BCUT2D eigenvalue weighted by Gasteiger charge is -1.98. The highest BCUT2D eigenvalue weighted by molar-refractivity contribution is 7.17. The van der Waals surface area contributed by atoms with Gasteiger partial charge in [0.1, 0.15) is 5.69 Å². The summed E-state index contributed by atoms with van der Waals surface area (Å²) < 4.78 is 1.08. The van der Waals surface area contributed by atoms with Crippen LogP contribution in [0.3, 0.4) is 0 Å². The summed E-state index contributed by atoms with van der Waals surface area (Å²) in [7, 11) is 0. The van der Waals surface area contributed by atoms with E-state index in [-0.39, 0.29) is 5.91 Å². The van der Waals surface area contributed by atoms with Crippen molar-refractivity contribution in [2.45, 2.75) is 20.3 Å². The van der Waals surface area contributed by atoms with Gasteiger partial charge in [0.05, 0.1) is 10.2 Å². The number of nitrogens with zero attached hydrogens (tertiary/aromatic N) is 1. The van der Waals surface area contributed by atoms with Gasteiger partial charge in [-0.3, -0.25) is 4.79 Å². The van der Waals surface area contributed by atoms with Gasteiger partial charge < -0.3 is 4.98 Å². The normalized spacial score (nSPS) is 11.7. The van der Waals surface area contributed by atoms with Gasteiger partial charge in [0.25, 0.3) is 5.91 Å². The first kappa shape index (κ1) is 11.9. The molecule has 1 amide bonds. The van der Waals surface area contributed by atoms with Crippen LogP contribution in [-0.4, -0.2) is 17.1 Å². The largest absolute Gasteiger partial charge is 0.350 e. The fourth-order valence-electron chi connectivity index (χ4n) is 1.40. The molecule has 0 aromatic carbocycles. The van der Waals surface area contributed by atoms with E-state index in [4.69, 9.17) is 0 Å². The van der Waals surface area contributed by atoms with Crippen molar-refractivity contribution < 1.29 is 4.79 Å². The van der Waals surface area contributed by atoms with Gasteiger partial charge in [-0.2, -0.15) is 5.10 Å². The van der Waals surface area contributed by atoms with Gasteiger partial charge >= 0.3 is 0 Å². The minimum Gasteiger partial charge on any atom is -0.350 e. The molecule has 0 bridgehead atoms. The van der Waals surface area contributed by atoms with E-state index in [0.29, 0.717) is 11.6 Å². The molecule has 0 atom stereocenters. The number of hydrogen-bond donors (Lipinski definition) is 2. The zero-order chi connectivity index (χ0) is 12.3. The van der Waals surface area contributed by atoms with Crippen LogP contribution in [0.2, 0.25) is 0 Å². The van der Waals surface area contributed by atoms with Crippen molar-refractivity contribution in [2.24, 2.45) is 11.0 Å². The van der Waals surface area contributed by atoms with E-state index >= 15 is 0 Å². The summed E-state index contributed by atoms with van der Waals surface area (Å²) >= 11 is 1.61. The van der Waals surface area contributed by atoms with Crippen molar-refractivity contribution in [3.05, 3.63) is 23.2 Å². The average molecular weight is 249 g/mol. The second-order valence-electron chi connectivity index (χ2n) is 4.26. The molecule has 0 spiro atoms. The number of hydrazone groups is 1. The number of amides is 1. The Morgan fingerprint density at radius 3 is 3.18 bits per heavy atom. The molecule has 0 aliphatic heterocycles. The van der Waals surface area contributed by atoms with E-state index in [9.17, 15) is 4.79 Å². The van der Waals surface area contributed by atoms with Gasteiger partial charge in [-0.05, 0) is 29.9 Å². The van der Waals surface area contributed by atoms with E-state index in [2.05, 4.69) is 29.4 Å². The molecule has 2 rings (SSSR count). The Bertz CT molecular complexity index is 510. The van der Waals surface area contributed by atoms with E-state index in [1.807, 2.05) is 17.5 Å². The molecule has 2 aromatic rings. The third kappa shape index (κ3) is 2.94. The second-order valence-corrected chi connectivity index (χ2v) is 5.21. The number of nitrogens with one attached hydrogen (secondary N) is 2. The zero-order valence-corrected chi connectivity index (χ0v) is 10.7. The fraction of sp³-hybridized carbons (Fsp3) is 0.333. The van der Waals surface area contributed by atoms with Crippen LogP contribution in [0, 0.1) is 5.92 Å². The van der Waals surface area contributed by atoms with Gasteiger partial charge in [-0.15, -0.1) is 11.3 Å². The van der Waals surface area contributed by atoms with Crippen LogP contribution in [0.5, 0.6) is 0 Å². The van der Waals surface area contributed by atoms with Crippen molar-refractivity contribution >= 4 is 33.7 Å². The third-order valence-corrected chi connectivity index (χ3v) is 3.18. The first-order chi connectivity index (χ1) is 8.16. The minimum atomic E-state index is -0.201. The maximum absolute atomic E-state index is 11.7. The predicted molar refractivity (Wildman–Crippen MR) is 71.6 cm³/mol. The van der Waals surface area contributed by atoms with Crippen molar-refractivity contribution in [3.8, 4) is 0 Å². The summed E-state index contributed by atoms with van der Waals surface area (Å²) in [5.74, 6) is 0.347. The van der Waals surface area contributed by atoms with Gasteiger partial charge in [0, 0.05) is 6.21 Å². The first-order valence-corrected chi connectivity index (χ1v) is 6.43. The number of H-pyrrole nitrogens is 1. The molecule has 0 aliphatic rings. The van der Waals surface area contributed by atoms with Crippen molar-refractivity contribution in [1.29, 1.82) is 0 Å². The summed E-state index contributed by atoms with van der Waals surface area (Å²) in [5, 5.41) is 5.89. The number of thiophene rings is 1. The van der Waals surface area contributed by atoms with Crippen LogP contribution < -0.4 is 5.43 Å². The maximum Gasteiger partial charge on any atom is 0.287 e. The number of fused-ring (bicyclic) bond motifs is 1. The van der Waals surface area contributed by atoms with Crippen molar-refractivity contribution in [1.82, 2.24) is 10.4 Å². The summed E-state index contributed by atoms with van der Waals surface area (Å²) in [6.07, 6.45) is 2.59. The Hall–Kier alpha value is -1.62. The Balaban J connectivity index is 1.96. The molecule has 2 aromatic heterocycles. The Kier molecular flexibility index (Phi) is 3.58. The van der Waals surface area contributed by atoms with Gasteiger partial charge in [-0.25, -0.2) is 5.43 Å². The summed E-state index contributed by atoms with van der Waals surface area (Å²) in [6.45, 7) is 4.21. The molecule has 0 radical (unpaired) electrons. The van der Waals surface area contributed by atoms with Crippen LogP contribution in [0.1, 0.15) is 30.8 Å². The number of carbonyl (C=O) groups excluding carboxylic acids is 1. The molecule has 0 fully saturated rings. The SMILES string of the molecule is CC(C)C/C=N\NC(=O)c1cc2sccc2[nH]1. The lowest BCUT2D eigenvalue weighted by atomic mass is 10.2. The third-order valence-electron chi connectivity index (χ3n) is 2.32. The van der Waals surface area contributed by atoms with Crippen LogP contribution in [0.4, 0.5) is 0 Å². The summed E-state index contributed by atoms with van der Waals surface area (Å²) in [6, 6.07) is 3.80. The van der Waals surface area contributed by atoms with Gasteiger partial charge in [0.2, 0.25) is 0 Å². The van der Waals surface area contributed by atoms with E-state index in [0.717, 1.165) is 16.6 Å².